The fraction of sp³-hybridized carbons (Fsp3) is 0.455. The Balaban J connectivity index is 1.63. The van der Waals surface area contributed by atoms with Crippen molar-refractivity contribution in [1.82, 2.24) is 20.0 Å². The van der Waals surface area contributed by atoms with Gasteiger partial charge in [0.2, 0.25) is 15.9 Å². The highest BCUT2D eigenvalue weighted by molar-refractivity contribution is 7.92. The maximum absolute atomic E-state index is 13.6. The minimum atomic E-state index is -3.44. The lowest BCUT2D eigenvalue weighted by Gasteiger charge is -2.19. The minimum absolute atomic E-state index is 0.00785. The van der Waals surface area contributed by atoms with Crippen molar-refractivity contribution in [3.05, 3.63) is 47.3 Å². The second-order valence-corrected chi connectivity index (χ2v) is 10.2. The Kier molecular flexibility index (Phi) is 7.74. The molecule has 1 aliphatic rings. The molecule has 1 aliphatic heterocycles. The van der Waals surface area contributed by atoms with Gasteiger partial charge in [-0.3, -0.25) is 19.0 Å². The average Bonchev–Trinajstić information content (AvgIpc) is 3.29. The van der Waals surface area contributed by atoms with E-state index in [9.17, 15) is 26.8 Å². The fourth-order valence-electron chi connectivity index (χ4n) is 3.79. The lowest BCUT2D eigenvalue weighted by atomic mass is 10.2. The molecule has 10 nitrogen and oxygen atoms in total. The number of likely N-dealkylation sites (tertiary alicyclic amines) is 1. The van der Waals surface area contributed by atoms with Crippen molar-refractivity contribution in [1.29, 1.82) is 5.26 Å². The number of rotatable bonds is 9. The molecule has 0 saturated carbocycles. The molecule has 13 heteroatoms. The van der Waals surface area contributed by atoms with E-state index in [0.29, 0.717) is 17.8 Å². The number of carbonyl (C=O) groups excluding carboxylic acids is 2. The molecule has 1 aromatic heterocycles. The van der Waals surface area contributed by atoms with E-state index in [1.54, 1.807) is 44.2 Å². The van der Waals surface area contributed by atoms with Gasteiger partial charge in [0.1, 0.15) is 6.04 Å². The van der Waals surface area contributed by atoms with Crippen LogP contribution in [-0.4, -0.2) is 65.7 Å². The van der Waals surface area contributed by atoms with Crippen LogP contribution in [0.15, 0.2) is 30.5 Å². The number of anilines is 1. The van der Waals surface area contributed by atoms with Crippen LogP contribution < -0.4 is 10.0 Å². The number of aromatic nitrogens is 2. The molecule has 1 saturated heterocycles. The van der Waals surface area contributed by atoms with E-state index >= 15 is 0 Å². The van der Waals surface area contributed by atoms with E-state index in [2.05, 4.69) is 15.1 Å². The second kappa shape index (κ2) is 10.4. The number of alkyl halides is 2. The van der Waals surface area contributed by atoms with Crippen molar-refractivity contribution in [2.75, 3.05) is 23.6 Å². The van der Waals surface area contributed by atoms with Crippen LogP contribution in [0.2, 0.25) is 0 Å². The molecule has 0 spiro atoms. The molecule has 188 valence electrons. The third kappa shape index (κ3) is 6.75. The summed E-state index contributed by atoms with van der Waals surface area (Å²) in [5, 5.41) is 15.7. The molecule has 0 bridgehead atoms. The van der Waals surface area contributed by atoms with Gasteiger partial charge in [-0.25, -0.2) is 17.2 Å². The lowest BCUT2D eigenvalue weighted by Crippen LogP contribution is -2.43. The Morgan fingerprint density at radius 2 is 2.09 bits per heavy atom. The van der Waals surface area contributed by atoms with Gasteiger partial charge >= 0.3 is 0 Å². The Morgan fingerprint density at radius 3 is 2.77 bits per heavy atom. The van der Waals surface area contributed by atoms with Gasteiger partial charge in [0, 0.05) is 18.3 Å². The van der Waals surface area contributed by atoms with Gasteiger partial charge in [-0.1, -0.05) is 19.1 Å². The highest BCUT2D eigenvalue weighted by Crippen LogP contribution is 2.31. The quantitative estimate of drug-likeness (QED) is 0.531. The number of nitrogens with one attached hydrogen (secondary N) is 2. The van der Waals surface area contributed by atoms with E-state index in [1.807, 2.05) is 0 Å². The standard InChI is InChI=1S/C22H26F2N6O4S/c1-3-7-35(33,34)28-17-6-4-5-16(8-17)12-29-13-19(15(2)27-29)21(32)26-11-20(31)30-14-22(23,24)9-18(30)10-25/h4-6,8,13,18,28H,3,7,9,11-12,14H2,1-2H3,(H,26,32)/t18-/m0/s1. The summed E-state index contributed by atoms with van der Waals surface area (Å²) in [7, 11) is -3.44. The average molecular weight is 509 g/mol. The summed E-state index contributed by atoms with van der Waals surface area (Å²) in [5.74, 6) is -4.50. The Labute approximate surface area is 202 Å². The van der Waals surface area contributed by atoms with Crippen LogP contribution >= 0.6 is 0 Å². The van der Waals surface area contributed by atoms with E-state index in [4.69, 9.17) is 5.26 Å². The topological polar surface area (TPSA) is 137 Å². The van der Waals surface area contributed by atoms with E-state index in [0.717, 1.165) is 10.5 Å². The van der Waals surface area contributed by atoms with Crippen molar-refractivity contribution < 1.29 is 26.8 Å². The molecule has 2 N–H and O–H groups in total. The molecule has 2 amide bonds. The van der Waals surface area contributed by atoms with Gasteiger partial charge in [0.05, 0.1) is 42.7 Å². The number of aryl methyl sites for hydroxylation is 1. The summed E-state index contributed by atoms with van der Waals surface area (Å²) in [6, 6.07) is 7.24. The van der Waals surface area contributed by atoms with Crippen molar-refractivity contribution in [3.8, 4) is 6.07 Å². The summed E-state index contributed by atoms with van der Waals surface area (Å²) < 4.78 is 55.1. The van der Waals surface area contributed by atoms with Crippen LogP contribution in [-0.2, 0) is 21.4 Å². The number of benzene rings is 1. The minimum Gasteiger partial charge on any atom is -0.343 e. The molecule has 1 fully saturated rings. The highest BCUT2D eigenvalue weighted by atomic mass is 32.2. The molecule has 1 aromatic carbocycles. The number of nitriles is 1. The first kappa shape index (κ1) is 26.1. The van der Waals surface area contributed by atoms with Crippen LogP contribution in [0.1, 0.15) is 41.4 Å². The van der Waals surface area contributed by atoms with Crippen molar-refractivity contribution >= 4 is 27.5 Å². The normalized spacial score (nSPS) is 17.1. The number of amides is 2. The summed E-state index contributed by atoms with van der Waals surface area (Å²) in [6.07, 6.45) is 1.24. The molecule has 3 rings (SSSR count). The second-order valence-electron chi connectivity index (χ2n) is 8.36. The maximum atomic E-state index is 13.6. The lowest BCUT2D eigenvalue weighted by molar-refractivity contribution is -0.131. The SMILES string of the molecule is CCCS(=O)(=O)Nc1cccc(Cn2cc(C(=O)NCC(=O)N3CC(F)(F)C[C@H]3C#N)c(C)n2)c1. The van der Waals surface area contributed by atoms with Crippen LogP contribution in [0.5, 0.6) is 0 Å². The van der Waals surface area contributed by atoms with Crippen LogP contribution in [0.25, 0.3) is 0 Å². The molecule has 0 aliphatic carbocycles. The van der Waals surface area contributed by atoms with Crippen molar-refractivity contribution in [3.63, 3.8) is 0 Å². The van der Waals surface area contributed by atoms with Gasteiger partial charge in [-0.2, -0.15) is 10.4 Å². The Morgan fingerprint density at radius 1 is 1.34 bits per heavy atom. The number of carbonyl (C=O) groups is 2. The molecule has 1 atom stereocenters. The Bertz CT molecular complexity index is 1250. The summed E-state index contributed by atoms with van der Waals surface area (Å²) >= 11 is 0. The summed E-state index contributed by atoms with van der Waals surface area (Å²) in [4.78, 5) is 25.7. The zero-order valence-electron chi connectivity index (χ0n) is 19.3. The third-order valence-electron chi connectivity index (χ3n) is 5.35. The number of sulfonamides is 1. The third-order valence-corrected chi connectivity index (χ3v) is 6.84. The first-order valence-electron chi connectivity index (χ1n) is 10.9. The fourth-order valence-corrected chi connectivity index (χ4v) is 4.91. The maximum Gasteiger partial charge on any atom is 0.268 e. The first-order chi connectivity index (χ1) is 16.4. The molecule has 2 heterocycles. The van der Waals surface area contributed by atoms with Crippen LogP contribution in [0.3, 0.4) is 0 Å². The van der Waals surface area contributed by atoms with Crippen molar-refractivity contribution in [2.24, 2.45) is 0 Å². The number of hydrogen-bond donors (Lipinski definition) is 2. The molecular weight excluding hydrogens is 482 g/mol. The molecule has 2 aromatic rings. The van der Waals surface area contributed by atoms with Gasteiger partial charge in [0.25, 0.3) is 11.8 Å². The van der Waals surface area contributed by atoms with Crippen molar-refractivity contribution in [2.45, 2.75) is 45.2 Å². The summed E-state index contributed by atoms with van der Waals surface area (Å²) in [5.41, 5.74) is 1.74. The molecule has 0 unspecified atom stereocenters. The monoisotopic (exact) mass is 508 g/mol. The van der Waals surface area contributed by atoms with Gasteiger partial charge in [-0.05, 0) is 31.0 Å². The highest BCUT2D eigenvalue weighted by Gasteiger charge is 2.47. The first-order valence-corrected chi connectivity index (χ1v) is 12.6. The number of halogens is 2. The zero-order chi connectivity index (χ0) is 25.8. The van der Waals surface area contributed by atoms with E-state index in [1.165, 1.54) is 10.9 Å². The van der Waals surface area contributed by atoms with E-state index in [-0.39, 0.29) is 17.9 Å². The van der Waals surface area contributed by atoms with Gasteiger partial charge in [0.15, 0.2) is 0 Å². The van der Waals surface area contributed by atoms with Gasteiger partial charge in [-0.15, -0.1) is 0 Å². The number of nitrogens with zero attached hydrogens (tertiary/aromatic N) is 4. The summed E-state index contributed by atoms with van der Waals surface area (Å²) in [6.45, 7) is 2.24. The Hall–Kier alpha value is -3.53. The molecule has 35 heavy (non-hydrogen) atoms. The molecule has 0 radical (unpaired) electrons. The van der Waals surface area contributed by atoms with E-state index < -0.39 is 53.3 Å². The largest absolute Gasteiger partial charge is 0.343 e. The van der Waals surface area contributed by atoms with Gasteiger partial charge < -0.3 is 10.2 Å². The predicted octanol–water partition coefficient (Wildman–Crippen LogP) is 1.88. The smallest absolute Gasteiger partial charge is 0.268 e. The van der Waals surface area contributed by atoms with Crippen LogP contribution in [0.4, 0.5) is 14.5 Å². The molecular formula is C22H26F2N6O4S. The predicted molar refractivity (Wildman–Crippen MR) is 123 cm³/mol. The van der Waals surface area contributed by atoms with Crippen LogP contribution in [0, 0.1) is 18.3 Å². The zero-order valence-corrected chi connectivity index (χ0v) is 20.1. The number of hydrogen-bond acceptors (Lipinski definition) is 6.